The van der Waals surface area contributed by atoms with Crippen LogP contribution in [0.15, 0.2) is 88.5 Å². The number of aromatic nitrogens is 3. The molecular weight excluding hydrogens is 522 g/mol. The van der Waals surface area contributed by atoms with Crippen LogP contribution in [-0.2, 0) is 37.3 Å². The van der Waals surface area contributed by atoms with Crippen molar-refractivity contribution in [1.82, 2.24) is 19.9 Å². The van der Waals surface area contributed by atoms with Crippen molar-refractivity contribution >= 4 is 21.9 Å². The molecule has 0 radical (unpaired) electrons. The lowest BCUT2D eigenvalue weighted by Crippen LogP contribution is -2.39. The molecule has 4 rings (SSSR count). The Morgan fingerprint density at radius 3 is 2.46 bits per heavy atom. The van der Waals surface area contributed by atoms with Gasteiger partial charge in [0.1, 0.15) is 17.5 Å². The van der Waals surface area contributed by atoms with Crippen molar-refractivity contribution in [3.05, 3.63) is 90.5 Å². The van der Waals surface area contributed by atoms with Gasteiger partial charge < -0.3 is 14.1 Å². The number of ether oxygens (including phenoxy) is 1. The normalized spacial score (nSPS) is 12.2. The average molecular weight is 552 g/mol. The number of esters is 1. The van der Waals surface area contributed by atoms with Crippen molar-refractivity contribution in [3.63, 3.8) is 0 Å². The van der Waals surface area contributed by atoms with E-state index in [9.17, 15) is 18.0 Å². The zero-order valence-electron chi connectivity index (χ0n) is 21.3. The van der Waals surface area contributed by atoms with Gasteiger partial charge in [-0.25, -0.2) is 18.2 Å². The highest BCUT2D eigenvalue weighted by Gasteiger charge is 2.29. The molecule has 0 aliphatic heterocycles. The van der Waals surface area contributed by atoms with E-state index in [1.165, 1.54) is 23.1 Å². The third kappa shape index (κ3) is 7.39. The molecule has 2 N–H and O–H groups in total. The minimum Gasteiger partial charge on any atom is -0.467 e. The van der Waals surface area contributed by atoms with E-state index in [0.717, 1.165) is 5.56 Å². The first-order chi connectivity index (χ1) is 18.7. The number of carbonyl (C=O) groups is 2. The van der Waals surface area contributed by atoms with E-state index >= 15 is 0 Å². The molecule has 0 saturated carbocycles. The number of furan rings is 1. The number of primary sulfonamides is 1. The van der Waals surface area contributed by atoms with Crippen LogP contribution in [0.3, 0.4) is 0 Å². The Kier molecular flexibility index (Phi) is 8.89. The summed E-state index contributed by atoms with van der Waals surface area (Å²) < 4.78 is 35.2. The Bertz CT molecular complexity index is 1490. The maximum Gasteiger partial charge on any atom is 0.307 e. The quantitative estimate of drug-likeness (QED) is 0.264. The van der Waals surface area contributed by atoms with Crippen LogP contribution >= 0.6 is 0 Å². The number of benzene rings is 2. The topological polar surface area (TPSA) is 151 Å². The van der Waals surface area contributed by atoms with E-state index in [-0.39, 0.29) is 36.9 Å². The number of carbonyl (C=O) groups excluding carboxylic acids is 2. The van der Waals surface area contributed by atoms with E-state index in [2.05, 4.69) is 10.3 Å². The van der Waals surface area contributed by atoms with E-state index in [4.69, 9.17) is 14.3 Å². The molecule has 0 spiro atoms. The first kappa shape index (κ1) is 27.7. The van der Waals surface area contributed by atoms with Crippen LogP contribution in [0.25, 0.3) is 11.3 Å². The zero-order valence-corrected chi connectivity index (χ0v) is 22.2. The molecule has 0 fully saturated rings. The van der Waals surface area contributed by atoms with Gasteiger partial charge in [-0.1, -0.05) is 47.7 Å². The molecule has 4 aromatic rings. The molecular formula is C27H29N5O6S. The van der Waals surface area contributed by atoms with Gasteiger partial charge >= 0.3 is 5.97 Å². The van der Waals surface area contributed by atoms with Gasteiger partial charge in [0.2, 0.25) is 15.9 Å². The van der Waals surface area contributed by atoms with E-state index < -0.39 is 22.0 Å². The molecule has 0 saturated heterocycles. The molecule has 0 bridgehead atoms. The molecule has 1 amide bonds. The first-order valence-electron chi connectivity index (χ1n) is 12.3. The number of sulfonamides is 1. The molecule has 204 valence electrons. The second kappa shape index (κ2) is 12.5. The Morgan fingerprint density at radius 2 is 1.82 bits per heavy atom. The van der Waals surface area contributed by atoms with Crippen LogP contribution in [0, 0.1) is 0 Å². The predicted octanol–water partition coefficient (Wildman–Crippen LogP) is 2.95. The molecule has 39 heavy (non-hydrogen) atoms. The van der Waals surface area contributed by atoms with Gasteiger partial charge in [-0.15, -0.1) is 5.10 Å². The number of nitrogens with zero attached hydrogens (tertiary/aromatic N) is 4. The fraction of sp³-hybridized carbons (Fsp3) is 0.259. The SMILES string of the molecule is CCOC(=O)CCN(Cc1ccco1)C(=O)[C@H](Cc1ccccc1)n1cc(-c2ccc(S(N)(=O)=O)cc2)nn1. The Morgan fingerprint density at radius 1 is 1.08 bits per heavy atom. The summed E-state index contributed by atoms with van der Waals surface area (Å²) in [6.45, 7) is 2.26. The van der Waals surface area contributed by atoms with Gasteiger partial charge in [-0.05, 0) is 36.8 Å². The molecule has 0 aliphatic carbocycles. The maximum atomic E-state index is 14.0. The zero-order chi connectivity index (χ0) is 27.8. The molecule has 0 aliphatic rings. The van der Waals surface area contributed by atoms with Crippen molar-refractivity contribution in [3.8, 4) is 11.3 Å². The number of hydrogen-bond acceptors (Lipinski definition) is 8. The second-order valence-corrected chi connectivity index (χ2v) is 10.3. The summed E-state index contributed by atoms with van der Waals surface area (Å²) in [6, 6.07) is 18.1. The fourth-order valence-corrected chi connectivity index (χ4v) is 4.55. The number of amides is 1. The van der Waals surface area contributed by atoms with Gasteiger partial charge in [0.25, 0.3) is 0 Å². The van der Waals surface area contributed by atoms with Gasteiger partial charge in [0.05, 0.1) is 36.9 Å². The van der Waals surface area contributed by atoms with E-state index in [1.807, 2.05) is 30.3 Å². The minimum atomic E-state index is -3.83. The lowest BCUT2D eigenvalue weighted by molar-refractivity contribution is -0.144. The molecule has 2 aromatic heterocycles. The number of hydrogen-bond donors (Lipinski definition) is 1. The van der Waals surface area contributed by atoms with Crippen LogP contribution in [-0.4, -0.2) is 53.3 Å². The minimum absolute atomic E-state index is 0.0223. The Labute approximate surface area is 226 Å². The highest BCUT2D eigenvalue weighted by Crippen LogP contribution is 2.23. The lowest BCUT2D eigenvalue weighted by atomic mass is 10.0. The monoisotopic (exact) mass is 551 g/mol. The van der Waals surface area contributed by atoms with Crippen LogP contribution in [0.1, 0.15) is 30.7 Å². The van der Waals surface area contributed by atoms with Crippen LogP contribution in [0.2, 0.25) is 0 Å². The molecule has 1 atom stereocenters. The van der Waals surface area contributed by atoms with Crippen molar-refractivity contribution in [1.29, 1.82) is 0 Å². The largest absolute Gasteiger partial charge is 0.467 e. The Hall–Kier alpha value is -4.29. The maximum absolute atomic E-state index is 14.0. The first-order valence-corrected chi connectivity index (χ1v) is 13.8. The van der Waals surface area contributed by atoms with Gasteiger partial charge in [-0.2, -0.15) is 0 Å². The van der Waals surface area contributed by atoms with E-state index in [1.54, 1.807) is 42.3 Å². The fourth-order valence-electron chi connectivity index (χ4n) is 4.04. The summed E-state index contributed by atoms with van der Waals surface area (Å²) in [4.78, 5) is 27.6. The summed E-state index contributed by atoms with van der Waals surface area (Å²) in [5.74, 6) is -0.110. The summed E-state index contributed by atoms with van der Waals surface area (Å²) in [6.07, 6.45) is 3.50. The molecule has 2 aromatic carbocycles. The molecule has 11 nitrogen and oxygen atoms in total. The second-order valence-electron chi connectivity index (χ2n) is 8.75. The number of rotatable bonds is 12. The van der Waals surface area contributed by atoms with Crippen LogP contribution in [0.5, 0.6) is 0 Å². The van der Waals surface area contributed by atoms with Crippen LogP contribution in [0.4, 0.5) is 0 Å². The molecule has 0 unspecified atom stereocenters. The Balaban J connectivity index is 1.64. The predicted molar refractivity (Wildman–Crippen MR) is 141 cm³/mol. The van der Waals surface area contributed by atoms with E-state index in [0.29, 0.717) is 23.4 Å². The van der Waals surface area contributed by atoms with Crippen molar-refractivity contribution < 1.29 is 27.2 Å². The summed E-state index contributed by atoms with van der Waals surface area (Å²) in [5, 5.41) is 13.7. The van der Waals surface area contributed by atoms with Crippen LogP contribution < -0.4 is 5.14 Å². The molecule has 2 heterocycles. The summed E-state index contributed by atoms with van der Waals surface area (Å²) in [7, 11) is -3.83. The highest BCUT2D eigenvalue weighted by molar-refractivity contribution is 7.89. The third-order valence-corrected chi connectivity index (χ3v) is 6.92. The van der Waals surface area contributed by atoms with Crippen molar-refractivity contribution in [2.45, 2.75) is 37.2 Å². The van der Waals surface area contributed by atoms with Gasteiger partial charge in [-0.3, -0.25) is 9.59 Å². The van der Waals surface area contributed by atoms with Gasteiger partial charge in [0, 0.05) is 18.5 Å². The number of nitrogens with two attached hydrogens (primary N) is 1. The standard InChI is InChI=1S/C27H29N5O6S/c1-2-37-26(33)14-15-31(18-22-9-6-16-38-22)27(34)25(17-20-7-4-3-5-8-20)32-19-24(29-30-32)21-10-12-23(13-11-21)39(28,35)36/h3-13,16,19,25H,2,14-15,17-18H2,1H3,(H2,28,35,36)/t25-/m0/s1. The third-order valence-electron chi connectivity index (χ3n) is 5.99. The van der Waals surface area contributed by atoms with Crippen molar-refractivity contribution in [2.75, 3.05) is 13.2 Å². The molecule has 12 heteroatoms. The summed E-state index contributed by atoms with van der Waals surface area (Å²) in [5.41, 5.74) is 1.97. The van der Waals surface area contributed by atoms with Gasteiger partial charge in [0.15, 0.2) is 0 Å². The van der Waals surface area contributed by atoms with Crippen molar-refractivity contribution in [2.24, 2.45) is 5.14 Å². The highest BCUT2D eigenvalue weighted by atomic mass is 32.2. The lowest BCUT2D eigenvalue weighted by Gasteiger charge is -2.26. The smallest absolute Gasteiger partial charge is 0.307 e. The average Bonchev–Trinajstić information content (AvgIpc) is 3.62. The summed E-state index contributed by atoms with van der Waals surface area (Å²) >= 11 is 0.